The molecule has 0 spiro atoms. The number of carbonyl (C=O) groups excluding carboxylic acids is 1. The number of hydrogen-bond donors (Lipinski definition) is 1. The molecule has 1 N–H and O–H groups in total. The van der Waals surface area contributed by atoms with Crippen molar-refractivity contribution in [1.82, 2.24) is 0 Å². The van der Waals surface area contributed by atoms with Gasteiger partial charge in [0, 0.05) is 20.2 Å². The van der Waals surface area contributed by atoms with Crippen LogP contribution in [0, 0.1) is 0 Å². The van der Waals surface area contributed by atoms with E-state index in [9.17, 15) is 13.2 Å². The Hall–Kier alpha value is -2.82. The molecule has 0 aliphatic carbocycles. The number of anilines is 1. The van der Waals surface area contributed by atoms with Crippen molar-refractivity contribution in [2.75, 3.05) is 26.1 Å². The van der Waals surface area contributed by atoms with Crippen LogP contribution in [0.25, 0.3) is 6.08 Å². The number of sulfonamides is 1. The summed E-state index contributed by atoms with van der Waals surface area (Å²) in [6, 6.07) is 14.5. The molecule has 0 unspecified atom stereocenters. The van der Waals surface area contributed by atoms with Gasteiger partial charge in [0.25, 0.3) is 10.0 Å². The van der Waals surface area contributed by atoms with E-state index in [2.05, 4.69) is 36.6 Å². The van der Waals surface area contributed by atoms with E-state index in [1.807, 2.05) is 0 Å². The zero-order chi connectivity index (χ0) is 24.9. The maximum atomic E-state index is 12.7. The van der Waals surface area contributed by atoms with Crippen molar-refractivity contribution in [2.24, 2.45) is 0 Å². The molecule has 0 fully saturated rings. The molecule has 3 aromatic carbocycles. The summed E-state index contributed by atoms with van der Waals surface area (Å²) in [5.41, 5.74) is 1.42. The quantitative estimate of drug-likeness (QED) is 0.238. The molecule has 0 amide bonds. The molecule has 10 heteroatoms. The summed E-state index contributed by atoms with van der Waals surface area (Å²) in [4.78, 5) is 12.7. The Morgan fingerprint density at radius 2 is 1.50 bits per heavy atom. The maximum Gasteiger partial charge on any atom is 0.263 e. The minimum atomic E-state index is -3.82. The van der Waals surface area contributed by atoms with Gasteiger partial charge in [0.05, 0.1) is 21.3 Å². The largest absolute Gasteiger partial charge is 0.493 e. The number of carbonyl (C=O) groups is 1. The lowest BCUT2D eigenvalue weighted by Gasteiger charge is -2.12. The summed E-state index contributed by atoms with van der Waals surface area (Å²) in [6.07, 6.45) is 3.05. The molecule has 0 aromatic heterocycles. The van der Waals surface area contributed by atoms with Gasteiger partial charge in [0.1, 0.15) is 4.90 Å². The molecule has 0 aliphatic heterocycles. The molecule has 0 radical (unpaired) electrons. The van der Waals surface area contributed by atoms with E-state index in [1.54, 1.807) is 42.5 Å². The van der Waals surface area contributed by atoms with Crippen LogP contribution >= 0.6 is 31.9 Å². The number of nitrogens with one attached hydrogen (secondary N) is 1. The topological polar surface area (TPSA) is 90.9 Å². The van der Waals surface area contributed by atoms with Gasteiger partial charge in [-0.05, 0) is 82.2 Å². The van der Waals surface area contributed by atoms with Gasteiger partial charge >= 0.3 is 0 Å². The second-order valence-electron chi connectivity index (χ2n) is 6.91. The fourth-order valence-corrected chi connectivity index (χ4v) is 5.62. The standard InChI is InChI=1S/C24H21Br2NO6S/c1-31-21-12-15(13-22(32-2)24(21)33-3)4-11-20(28)16-5-8-18(9-6-16)27-34(29,30)23-14-17(25)7-10-19(23)26/h4-14,27H,1-3H3/b11-4+. The second-order valence-corrected chi connectivity index (χ2v) is 10.3. The molecule has 0 saturated carbocycles. The van der Waals surface area contributed by atoms with Crippen molar-refractivity contribution in [2.45, 2.75) is 4.90 Å². The molecule has 3 aromatic rings. The van der Waals surface area contributed by atoms with Gasteiger partial charge in [0.2, 0.25) is 5.75 Å². The van der Waals surface area contributed by atoms with Crippen LogP contribution in [0.3, 0.4) is 0 Å². The van der Waals surface area contributed by atoms with Crippen LogP contribution in [0.1, 0.15) is 15.9 Å². The Bertz CT molecular complexity index is 1310. The molecule has 7 nitrogen and oxygen atoms in total. The molecule has 0 heterocycles. The van der Waals surface area contributed by atoms with Gasteiger partial charge in [-0.2, -0.15) is 0 Å². The number of allylic oxidation sites excluding steroid dienone is 1. The number of methoxy groups -OCH3 is 3. The average molecular weight is 611 g/mol. The Morgan fingerprint density at radius 3 is 2.06 bits per heavy atom. The third kappa shape index (κ3) is 5.99. The number of ether oxygens (including phenoxy) is 3. The van der Waals surface area contributed by atoms with Crippen LogP contribution in [0.15, 0.2) is 74.5 Å². The normalized spacial score (nSPS) is 11.3. The van der Waals surface area contributed by atoms with Crippen molar-refractivity contribution in [1.29, 1.82) is 0 Å². The second kappa shape index (κ2) is 11.1. The van der Waals surface area contributed by atoms with Crippen LogP contribution in [0.5, 0.6) is 17.2 Å². The van der Waals surface area contributed by atoms with Gasteiger partial charge < -0.3 is 14.2 Å². The third-order valence-electron chi connectivity index (χ3n) is 4.72. The summed E-state index contributed by atoms with van der Waals surface area (Å²) in [5.74, 6) is 1.16. The zero-order valence-corrected chi connectivity index (χ0v) is 22.5. The fourth-order valence-electron chi connectivity index (χ4n) is 3.06. The first kappa shape index (κ1) is 25.8. The summed E-state index contributed by atoms with van der Waals surface area (Å²) < 4.78 is 45.0. The molecular formula is C24H21Br2NO6S. The van der Waals surface area contributed by atoms with Gasteiger partial charge in [0.15, 0.2) is 17.3 Å². The third-order valence-corrected chi connectivity index (χ3v) is 7.59. The molecule has 0 aliphatic rings. The molecule has 0 atom stereocenters. The summed E-state index contributed by atoms with van der Waals surface area (Å²) in [5, 5.41) is 0. The Kier molecular flexibility index (Phi) is 8.40. The molecule has 34 heavy (non-hydrogen) atoms. The lowest BCUT2D eigenvalue weighted by molar-refractivity contribution is 0.104. The Morgan fingerprint density at radius 1 is 0.882 bits per heavy atom. The van der Waals surface area contributed by atoms with Crippen LogP contribution in [0.4, 0.5) is 5.69 Å². The van der Waals surface area contributed by atoms with Gasteiger partial charge in [-0.15, -0.1) is 0 Å². The minimum absolute atomic E-state index is 0.0929. The zero-order valence-electron chi connectivity index (χ0n) is 18.5. The fraction of sp³-hybridized carbons (Fsp3) is 0.125. The number of hydrogen-bond acceptors (Lipinski definition) is 6. The van der Waals surface area contributed by atoms with Crippen LogP contribution in [-0.2, 0) is 10.0 Å². The number of rotatable bonds is 9. The van der Waals surface area contributed by atoms with E-state index in [4.69, 9.17) is 14.2 Å². The van der Waals surface area contributed by atoms with E-state index in [0.29, 0.717) is 43.0 Å². The minimum Gasteiger partial charge on any atom is -0.493 e. The lowest BCUT2D eigenvalue weighted by atomic mass is 10.1. The van der Waals surface area contributed by atoms with Crippen LogP contribution < -0.4 is 18.9 Å². The van der Waals surface area contributed by atoms with E-state index in [1.165, 1.54) is 45.6 Å². The molecule has 3 rings (SSSR count). The van der Waals surface area contributed by atoms with Gasteiger partial charge in [-0.3, -0.25) is 9.52 Å². The average Bonchev–Trinajstić information content (AvgIpc) is 2.83. The van der Waals surface area contributed by atoms with Crippen molar-refractivity contribution in [3.8, 4) is 17.2 Å². The predicted octanol–water partition coefficient (Wildman–Crippen LogP) is 5.93. The monoisotopic (exact) mass is 609 g/mol. The summed E-state index contributed by atoms with van der Waals surface area (Å²) >= 11 is 6.53. The first-order chi connectivity index (χ1) is 16.2. The SMILES string of the molecule is COc1cc(/C=C/C(=O)c2ccc(NS(=O)(=O)c3cc(Br)ccc3Br)cc2)cc(OC)c1OC. The van der Waals surface area contributed by atoms with Gasteiger partial charge in [-0.25, -0.2) is 8.42 Å². The van der Waals surface area contributed by atoms with E-state index in [-0.39, 0.29) is 10.7 Å². The highest BCUT2D eigenvalue weighted by atomic mass is 79.9. The maximum absolute atomic E-state index is 12.7. The predicted molar refractivity (Wildman–Crippen MR) is 139 cm³/mol. The van der Waals surface area contributed by atoms with Crippen molar-refractivity contribution in [3.63, 3.8) is 0 Å². The lowest BCUT2D eigenvalue weighted by Crippen LogP contribution is -2.13. The van der Waals surface area contributed by atoms with Gasteiger partial charge in [-0.1, -0.05) is 22.0 Å². The highest BCUT2D eigenvalue weighted by Gasteiger charge is 2.18. The first-order valence-corrected chi connectivity index (χ1v) is 12.9. The summed E-state index contributed by atoms with van der Waals surface area (Å²) in [7, 11) is 0.720. The number of ketones is 1. The molecule has 0 bridgehead atoms. The number of halogens is 2. The summed E-state index contributed by atoms with van der Waals surface area (Å²) in [6.45, 7) is 0. The smallest absolute Gasteiger partial charge is 0.263 e. The van der Waals surface area contributed by atoms with E-state index < -0.39 is 10.0 Å². The van der Waals surface area contributed by atoms with Crippen LogP contribution in [0.2, 0.25) is 0 Å². The molecule has 178 valence electrons. The van der Waals surface area contributed by atoms with E-state index in [0.717, 1.165) is 0 Å². The first-order valence-electron chi connectivity index (χ1n) is 9.79. The van der Waals surface area contributed by atoms with Crippen molar-refractivity contribution >= 4 is 59.4 Å². The van der Waals surface area contributed by atoms with Crippen LogP contribution in [-0.4, -0.2) is 35.5 Å². The number of benzene rings is 3. The molecular weight excluding hydrogens is 590 g/mol. The highest BCUT2D eigenvalue weighted by molar-refractivity contribution is 9.11. The van der Waals surface area contributed by atoms with Crippen molar-refractivity contribution < 1.29 is 27.4 Å². The Balaban J connectivity index is 1.77. The highest BCUT2D eigenvalue weighted by Crippen LogP contribution is 2.38. The Labute approximate surface area is 215 Å². The van der Waals surface area contributed by atoms with Crippen molar-refractivity contribution in [3.05, 3.63) is 80.7 Å². The molecule has 0 saturated heterocycles. The van der Waals surface area contributed by atoms with E-state index >= 15 is 0 Å².